The Bertz CT molecular complexity index is 410. The Balaban J connectivity index is 1.83. The van der Waals surface area contributed by atoms with E-state index in [4.69, 9.17) is 4.74 Å². The van der Waals surface area contributed by atoms with Crippen LogP contribution in [0, 0.1) is 34.5 Å². The lowest BCUT2D eigenvalue weighted by atomic mass is 9.57. The molecule has 0 aromatic carbocycles. The molecule has 0 aromatic rings. The van der Waals surface area contributed by atoms with Gasteiger partial charge in [0.1, 0.15) is 0 Å². The van der Waals surface area contributed by atoms with Crippen LogP contribution in [0.5, 0.6) is 0 Å². The van der Waals surface area contributed by atoms with Crippen LogP contribution >= 0.6 is 0 Å². The fourth-order valence-corrected chi connectivity index (χ4v) is 7.54. The van der Waals surface area contributed by atoms with Crippen LogP contribution in [0.2, 0.25) is 0 Å². The van der Waals surface area contributed by atoms with Crippen molar-refractivity contribution in [2.75, 3.05) is 0 Å². The maximum absolute atomic E-state index is 6.41. The first-order chi connectivity index (χ1) is 6.64. The normalized spacial score (nSPS) is 91.9. The molecule has 14 heavy (non-hydrogen) atoms. The zero-order chi connectivity index (χ0) is 9.14. The summed E-state index contributed by atoms with van der Waals surface area (Å²) in [4.78, 5) is 0. The summed E-state index contributed by atoms with van der Waals surface area (Å²) in [6, 6.07) is 0. The fraction of sp³-hybridized carbons (Fsp3) is 0.846. The predicted octanol–water partition coefficient (Wildman–Crippen LogP) is 1.99. The van der Waals surface area contributed by atoms with Crippen molar-refractivity contribution in [3.05, 3.63) is 12.2 Å². The van der Waals surface area contributed by atoms with Crippen LogP contribution in [-0.4, -0.2) is 11.2 Å². The molecule has 7 aliphatic rings. The molecule has 4 bridgehead atoms. The number of rotatable bonds is 0. The van der Waals surface area contributed by atoms with Gasteiger partial charge in [0, 0.05) is 10.8 Å². The largest absolute Gasteiger partial charge is 0.360 e. The van der Waals surface area contributed by atoms with Gasteiger partial charge in [-0.3, -0.25) is 0 Å². The van der Waals surface area contributed by atoms with Gasteiger partial charge in [-0.15, -0.1) is 0 Å². The average molecular weight is 186 g/mol. The zero-order valence-electron chi connectivity index (χ0n) is 8.58. The Kier molecular flexibility index (Phi) is 0.498. The summed E-state index contributed by atoms with van der Waals surface area (Å²) in [5.41, 5.74) is 1.58. The molecule has 72 valence electrons. The molecular weight excluding hydrogens is 172 g/mol. The van der Waals surface area contributed by atoms with E-state index in [0.29, 0.717) is 10.8 Å². The Morgan fingerprint density at radius 2 is 1.50 bits per heavy atom. The van der Waals surface area contributed by atoms with Crippen molar-refractivity contribution in [3.63, 3.8) is 0 Å². The molecule has 8 atom stereocenters. The summed E-state index contributed by atoms with van der Waals surface area (Å²) in [6.45, 7) is 4.71. The van der Waals surface area contributed by atoms with Crippen molar-refractivity contribution in [1.82, 2.24) is 0 Å². The summed E-state index contributed by atoms with van der Waals surface area (Å²) < 4.78 is 6.41. The van der Waals surface area contributed by atoms with E-state index in [1.165, 1.54) is 0 Å². The summed E-state index contributed by atoms with van der Waals surface area (Å²) in [5, 5.41) is 0. The van der Waals surface area contributed by atoms with Gasteiger partial charge in [0.05, 0.1) is 11.2 Å². The highest BCUT2D eigenvalue weighted by Gasteiger charge is 3.12. The first-order valence-corrected chi connectivity index (χ1v) is 6.04. The molecule has 5 aliphatic carbocycles. The van der Waals surface area contributed by atoms with Crippen molar-refractivity contribution in [3.8, 4) is 0 Å². The van der Waals surface area contributed by atoms with E-state index in [2.05, 4.69) is 26.0 Å². The Hall–Kier alpha value is -0.300. The van der Waals surface area contributed by atoms with Gasteiger partial charge in [-0.05, 0) is 43.9 Å². The van der Waals surface area contributed by atoms with Gasteiger partial charge < -0.3 is 4.74 Å². The average Bonchev–Trinajstić information content (AvgIpc) is 2.60. The van der Waals surface area contributed by atoms with Crippen molar-refractivity contribution in [1.29, 1.82) is 0 Å². The molecule has 6 fully saturated rings. The van der Waals surface area contributed by atoms with Gasteiger partial charge in [0.25, 0.3) is 0 Å². The van der Waals surface area contributed by atoms with E-state index in [9.17, 15) is 0 Å². The van der Waals surface area contributed by atoms with Crippen LogP contribution in [0.15, 0.2) is 12.2 Å². The standard InChI is InChI=1S/C13H14O/c1-10-3-4-11(2,14-10)13-7-5-6-8(9(7)13)12(6,10)13/h3-4,6-9H,5H2,1-2H3. The SMILES string of the molecule is CC12C=CC(C)(O1)C13C4CC5C(C41)C523. The first-order valence-electron chi connectivity index (χ1n) is 6.04. The zero-order valence-corrected chi connectivity index (χ0v) is 8.58. The maximum Gasteiger partial charge on any atom is 0.0915 e. The van der Waals surface area contributed by atoms with Crippen LogP contribution in [0.4, 0.5) is 0 Å². The van der Waals surface area contributed by atoms with Gasteiger partial charge in [0.2, 0.25) is 0 Å². The van der Waals surface area contributed by atoms with Gasteiger partial charge >= 0.3 is 0 Å². The summed E-state index contributed by atoms with van der Waals surface area (Å²) in [5.74, 6) is 4.30. The third-order valence-corrected chi connectivity index (χ3v) is 7.24. The lowest BCUT2D eigenvalue weighted by Crippen LogP contribution is -2.47. The quantitative estimate of drug-likeness (QED) is 0.526. The lowest BCUT2D eigenvalue weighted by molar-refractivity contribution is -0.0351. The van der Waals surface area contributed by atoms with E-state index >= 15 is 0 Å². The van der Waals surface area contributed by atoms with Crippen LogP contribution in [-0.2, 0) is 4.74 Å². The van der Waals surface area contributed by atoms with Gasteiger partial charge in [-0.2, -0.15) is 0 Å². The number of hydrogen-bond donors (Lipinski definition) is 0. The Morgan fingerprint density at radius 1 is 1.00 bits per heavy atom. The topological polar surface area (TPSA) is 9.23 Å². The fourth-order valence-electron chi connectivity index (χ4n) is 7.54. The molecule has 0 amide bonds. The van der Waals surface area contributed by atoms with Crippen LogP contribution in [0.1, 0.15) is 20.3 Å². The minimum Gasteiger partial charge on any atom is -0.360 e. The van der Waals surface area contributed by atoms with Crippen molar-refractivity contribution in [2.45, 2.75) is 31.5 Å². The van der Waals surface area contributed by atoms with Crippen LogP contribution in [0.3, 0.4) is 0 Å². The molecule has 0 radical (unpaired) electrons. The minimum atomic E-state index is 0.138. The van der Waals surface area contributed by atoms with Gasteiger partial charge in [0.15, 0.2) is 0 Å². The highest BCUT2D eigenvalue weighted by atomic mass is 16.5. The second kappa shape index (κ2) is 1.10. The highest BCUT2D eigenvalue weighted by molar-refractivity contribution is 5.63. The van der Waals surface area contributed by atoms with E-state index in [0.717, 1.165) is 23.7 Å². The van der Waals surface area contributed by atoms with E-state index in [1.54, 1.807) is 6.42 Å². The van der Waals surface area contributed by atoms with Gasteiger partial charge in [-0.1, -0.05) is 12.2 Å². The summed E-state index contributed by atoms with van der Waals surface area (Å²) >= 11 is 0. The van der Waals surface area contributed by atoms with Crippen molar-refractivity contribution < 1.29 is 4.74 Å². The summed E-state index contributed by atoms with van der Waals surface area (Å²) in [7, 11) is 0. The molecule has 8 unspecified atom stereocenters. The molecule has 2 heterocycles. The summed E-state index contributed by atoms with van der Waals surface area (Å²) in [6.07, 6.45) is 6.33. The van der Waals surface area contributed by atoms with Crippen LogP contribution < -0.4 is 0 Å². The highest BCUT2D eigenvalue weighted by Crippen LogP contribution is 3.12. The molecule has 1 nitrogen and oxygen atoms in total. The van der Waals surface area contributed by atoms with E-state index < -0.39 is 0 Å². The molecule has 2 spiro atoms. The second-order valence-corrected chi connectivity index (χ2v) is 6.89. The molecule has 5 saturated carbocycles. The number of fused-ring (bicyclic) bond motifs is 2. The van der Waals surface area contributed by atoms with Crippen molar-refractivity contribution in [2.24, 2.45) is 34.5 Å². The van der Waals surface area contributed by atoms with Crippen LogP contribution in [0.25, 0.3) is 0 Å². The van der Waals surface area contributed by atoms with Crippen molar-refractivity contribution >= 4 is 0 Å². The lowest BCUT2D eigenvalue weighted by Gasteiger charge is -2.42. The van der Waals surface area contributed by atoms with E-state index in [1.807, 2.05) is 0 Å². The smallest absolute Gasteiger partial charge is 0.0915 e. The van der Waals surface area contributed by atoms with E-state index in [-0.39, 0.29) is 11.2 Å². The third kappa shape index (κ3) is 0.234. The molecule has 1 heteroatoms. The molecular formula is C13H14O. The molecule has 7 rings (SSSR count). The van der Waals surface area contributed by atoms with Gasteiger partial charge in [-0.25, -0.2) is 0 Å². The predicted molar refractivity (Wildman–Crippen MR) is 50.5 cm³/mol. The molecule has 0 N–H and O–H groups in total. The minimum absolute atomic E-state index is 0.138. The Morgan fingerprint density at radius 3 is 1.93 bits per heavy atom. The maximum atomic E-state index is 6.41. The monoisotopic (exact) mass is 186 g/mol. The second-order valence-electron chi connectivity index (χ2n) is 6.89. The number of ether oxygens (including phenoxy) is 1. The molecule has 1 saturated heterocycles. The molecule has 0 aromatic heterocycles. The third-order valence-electron chi connectivity index (χ3n) is 7.24. The Labute approximate surface area is 83.5 Å². The molecule has 2 aliphatic heterocycles. The number of hydrogen-bond acceptors (Lipinski definition) is 1. The first kappa shape index (κ1) is 6.32.